The lowest BCUT2D eigenvalue weighted by Gasteiger charge is -2.06. The molecule has 2 atom stereocenters. The number of carboxylic acids is 2. The third kappa shape index (κ3) is 6.15. The molecule has 4 nitrogen and oxygen atoms in total. The van der Waals surface area contributed by atoms with Crippen molar-refractivity contribution in [2.75, 3.05) is 11.5 Å². The Hall–Kier alpha value is -0.360. The maximum atomic E-state index is 10.4. The molecule has 2 N–H and O–H groups in total. The molecule has 0 heterocycles. The molecule has 0 aromatic heterocycles. The van der Waals surface area contributed by atoms with Gasteiger partial charge in [0.05, 0.1) is 11.8 Å². The zero-order chi connectivity index (χ0) is 11.1. The average molecular weight is 238 g/mol. The predicted octanol–water partition coefficient (Wildman–Crippen LogP) is 1.81. The number of aliphatic carboxylic acids is 2. The van der Waals surface area contributed by atoms with Crippen molar-refractivity contribution in [3.8, 4) is 0 Å². The van der Waals surface area contributed by atoms with Gasteiger partial charge < -0.3 is 10.2 Å². The van der Waals surface area contributed by atoms with Crippen LogP contribution in [0.5, 0.6) is 0 Å². The SMILES string of the molecule is CC(CSSCC(C)C(=O)O)C(=O)O. The van der Waals surface area contributed by atoms with E-state index in [9.17, 15) is 9.59 Å². The van der Waals surface area contributed by atoms with Gasteiger partial charge in [-0.05, 0) is 0 Å². The number of carboxylic acid groups (broad SMARTS) is 2. The molecule has 0 aromatic rings. The third-order valence-electron chi connectivity index (χ3n) is 1.56. The van der Waals surface area contributed by atoms with E-state index in [1.165, 1.54) is 21.6 Å². The van der Waals surface area contributed by atoms with Crippen LogP contribution < -0.4 is 0 Å². The highest BCUT2D eigenvalue weighted by atomic mass is 33.1. The Morgan fingerprint density at radius 1 is 1.00 bits per heavy atom. The Morgan fingerprint density at radius 3 is 1.50 bits per heavy atom. The van der Waals surface area contributed by atoms with E-state index in [0.717, 1.165) is 0 Å². The van der Waals surface area contributed by atoms with Crippen LogP contribution in [0.3, 0.4) is 0 Å². The highest BCUT2D eigenvalue weighted by Gasteiger charge is 2.13. The average Bonchev–Trinajstić information content (AvgIpc) is 2.11. The third-order valence-corrected chi connectivity index (χ3v) is 4.32. The van der Waals surface area contributed by atoms with Gasteiger partial charge in [0.25, 0.3) is 0 Å². The van der Waals surface area contributed by atoms with E-state index >= 15 is 0 Å². The first-order valence-corrected chi connectivity index (χ1v) is 6.64. The summed E-state index contributed by atoms with van der Waals surface area (Å²) >= 11 is 0. The van der Waals surface area contributed by atoms with E-state index in [-0.39, 0.29) is 11.8 Å². The molecule has 0 radical (unpaired) electrons. The van der Waals surface area contributed by atoms with Crippen molar-refractivity contribution >= 4 is 33.5 Å². The van der Waals surface area contributed by atoms with Gasteiger partial charge >= 0.3 is 11.9 Å². The van der Waals surface area contributed by atoms with Crippen LogP contribution in [-0.4, -0.2) is 33.7 Å². The Kier molecular flexibility index (Phi) is 6.82. The fourth-order valence-electron chi connectivity index (χ4n) is 0.443. The Morgan fingerprint density at radius 2 is 1.29 bits per heavy atom. The topological polar surface area (TPSA) is 74.6 Å². The summed E-state index contributed by atoms with van der Waals surface area (Å²) in [6.07, 6.45) is 0. The van der Waals surface area contributed by atoms with Gasteiger partial charge in [0.1, 0.15) is 0 Å². The summed E-state index contributed by atoms with van der Waals surface area (Å²) < 4.78 is 0. The van der Waals surface area contributed by atoms with Crippen LogP contribution in [0.25, 0.3) is 0 Å². The second kappa shape index (κ2) is 7.00. The summed E-state index contributed by atoms with van der Waals surface area (Å²) in [6, 6.07) is 0. The van der Waals surface area contributed by atoms with E-state index in [0.29, 0.717) is 11.5 Å². The van der Waals surface area contributed by atoms with E-state index < -0.39 is 11.9 Å². The summed E-state index contributed by atoms with van der Waals surface area (Å²) in [5.41, 5.74) is 0. The fourth-order valence-corrected chi connectivity index (χ4v) is 3.13. The molecule has 0 rings (SSSR count). The minimum absolute atomic E-state index is 0.382. The molecule has 14 heavy (non-hydrogen) atoms. The molecule has 0 fully saturated rings. The summed E-state index contributed by atoms with van der Waals surface area (Å²) in [5, 5.41) is 17.1. The fraction of sp³-hybridized carbons (Fsp3) is 0.750. The summed E-state index contributed by atoms with van der Waals surface area (Å²) in [5.74, 6) is -1.38. The molecule has 0 aliphatic rings. The molecule has 82 valence electrons. The van der Waals surface area contributed by atoms with Gasteiger partial charge in [-0.25, -0.2) is 0 Å². The maximum Gasteiger partial charge on any atom is 0.307 e. The number of rotatable bonds is 7. The van der Waals surface area contributed by atoms with Crippen LogP contribution in [0, 0.1) is 11.8 Å². The van der Waals surface area contributed by atoms with Gasteiger partial charge in [-0.1, -0.05) is 35.4 Å². The monoisotopic (exact) mass is 238 g/mol. The molecule has 0 aliphatic heterocycles. The largest absolute Gasteiger partial charge is 0.481 e. The molecule has 6 heteroatoms. The van der Waals surface area contributed by atoms with Crippen LogP contribution in [0.2, 0.25) is 0 Å². The molecule has 0 saturated carbocycles. The Bertz CT molecular complexity index is 186. The lowest BCUT2D eigenvalue weighted by Crippen LogP contribution is -2.13. The van der Waals surface area contributed by atoms with E-state index in [1.807, 2.05) is 0 Å². The smallest absolute Gasteiger partial charge is 0.307 e. The van der Waals surface area contributed by atoms with Crippen molar-refractivity contribution in [2.45, 2.75) is 13.8 Å². The van der Waals surface area contributed by atoms with Crippen LogP contribution >= 0.6 is 21.6 Å². The second-order valence-electron chi connectivity index (χ2n) is 3.05. The van der Waals surface area contributed by atoms with Crippen LogP contribution in [-0.2, 0) is 9.59 Å². The maximum absolute atomic E-state index is 10.4. The van der Waals surface area contributed by atoms with Crippen LogP contribution in [0.15, 0.2) is 0 Å². The van der Waals surface area contributed by atoms with Gasteiger partial charge in [0.15, 0.2) is 0 Å². The molecule has 0 bridgehead atoms. The summed E-state index contributed by atoms with van der Waals surface area (Å²) in [6.45, 7) is 3.27. The van der Waals surface area contributed by atoms with Gasteiger partial charge in [0.2, 0.25) is 0 Å². The number of carbonyl (C=O) groups is 2. The van der Waals surface area contributed by atoms with Gasteiger partial charge in [-0.2, -0.15) is 0 Å². The highest BCUT2D eigenvalue weighted by Crippen LogP contribution is 2.26. The van der Waals surface area contributed by atoms with Crippen molar-refractivity contribution < 1.29 is 19.8 Å². The molecule has 0 saturated heterocycles. The molecule has 2 unspecified atom stereocenters. The van der Waals surface area contributed by atoms with Crippen LogP contribution in [0.1, 0.15) is 13.8 Å². The molecule has 0 aliphatic carbocycles. The lowest BCUT2D eigenvalue weighted by molar-refractivity contribution is -0.141. The lowest BCUT2D eigenvalue weighted by atomic mass is 10.2. The molecular weight excluding hydrogens is 224 g/mol. The van der Waals surface area contributed by atoms with Gasteiger partial charge in [-0.15, -0.1) is 0 Å². The minimum atomic E-state index is -0.815. The highest BCUT2D eigenvalue weighted by molar-refractivity contribution is 8.76. The zero-order valence-corrected chi connectivity index (χ0v) is 9.73. The quantitative estimate of drug-likeness (QED) is 0.520. The first-order valence-electron chi connectivity index (χ1n) is 4.15. The Balaban J connectivity index is 3.47. The zero-order valence-electron chi connectivity index (χ0n) is 8.10. The first-order chi connectivity index (χ1) is 6.45. The number of hydrogen-bond donors (Lipinski definition) is 2. The molecule has 0 aromatic carbocycles. The van der Waals surface area contributed by atoms with Gasteiger partial charge in [-0.3, -0.25) is 9.59 Å². The normalized spacial score (nSPS) is 14.7. The minimum Gasteiger partial charge on any atom is -0.481 e. The predicted molar refractivity (Wildman–Crippen MR) is 58.5 cm³/mol. The number of hydrogen-bond acceptors (Lipinski definition) is 4. The van der Waals surface area contributed by atoms with E-state index in [2.05, 4.69) is 0 Å². The summed E-state index contributed by atoms with van der Waals surface area (Å²) in [7, 11) is 2.82. The first kappa shape index (κ1) is 13.6. The van der Waals surface area contributed by atoms with Crippen molar-refractivity contribution in [1.82, 2.24) is 0 Å². The molecule has 0 spiro atoms. The molecular formula is C8H14O4S2. The summed E-state index contributed by atoms with van der Waals surface area (Å²) in [4.78, 5) is 20.8. The van der Waals surface area contributed by atoms with Gasteiger partial charge in [0, 0.05) is 11.5 Å². The second-order valence-corrected chi connectivity index (χ2v) is 5.60. The van der Waals surface area contributed by atoms with Crippen LogP contribution in [0.4, 0.5) is 0 Å². The van der Waals surface area contributed by atoms with E-state index in [1.54, 1.807) is 13.8 Å². The van der Waals surface area contributed by atoms with E-state index in [4.69, 9.17) is 10.2 Å². The van der Waals surface area contributed by atoms with Crippen molar-refractivity contribution in [2.24, 2.45) is 11.8 Å². The Labute approximate surface area is 90.9 Å². The van der Waals surface area contributed by atoms with Crippen molar-refractivity contribution in [1.29, 1.82) is 0 Å². The standard InChI is InChI=1S/C8H14O4S2/c1-5(7(9)10)3-13-14-4-6(2)8(11)12/h5-6H,3-4H2,1-2H3,(H,9,10)(H,11,12). The van der Waals surface area contributed by atoms with Crippen molar-refractivity contribution in [3.63, 3.8) is 0 Å². The van der Waals surface area contributed by atoms with Crippen molar-refractivity contribution in [3.05, 3.63) is 0 Å². The molecule has 0 amide bonds.